The number of hydrogen-bond donors (Lipinski definition) is 1. The number of nitrogens with one attached hydrogen (secondary N) is 1. The third kappa shape index (κ3) is 2.07. The van der Waals surface area contributed by atoms with Gasteiger partial charge in [0.2, 0.25) is 5.91 Å². The molecule has 22 heavy (non-hydrogen) atoms. The normalized spacial score (nSPS) is 16.4. The van der Waals surface area contributed by atoms with E-state index in [1.165, 1.54) is 0 Å². The Labute approximate surface area is 132 Å². The van der Waals surface area contributed by atoms with Crippen molar-refractivity contribution in [3.8, 4) is 0 Å². The summed E-state index contributed by atoms with van der Waals surface area (Å²) in [5, 5.41) is 3.36. The van der Waals surface area contributed by atoms with Gasteiger partial charge in [-0.05, 0) is 43.2 Å². The minimum Gasteiger partial charge on any atom is -0.320 e. The Kier molecular flexibility index (Phi) is 2.94. The summed E-state index contributed by atoms with van der Waals surface area (Å²) in [5.41, 5.74) is 2.34. The van der Waals surface area contributed by atoms with Gasteiger partial charge in [0.25, 0.3) is 5.91 Å². The minimum absolute atomic E-state index is 0.0347. The minimum atomic E-state index is -0.231. The molecule has 1 aliphatic heterocycles. The van der Waals surface area contributed by atoms with Crippen LogP contribution in [0.15, 0.2) is 42.5 Å². The molecule has 1 N–H and O–H groups in total. The number of nitrogens with zero attached hydrogens (tertiary/aromatic N) is 1. The smallest absolute Gasteiger partial charge is 0.257 e. The summed E-state index contributed by atoms with van der Waals surface area (Å²) in [6, 6.07) is 12.3. The first kappa shape index (κ1) is 13.3. The van der Waals surface area contributed by atoms with Crippen molar-refractivity contribution in [2.45, 2.75) is 12.8 Å². The van der Waals surface area contributed by atoms with Gasteiger partial charge in [0.1, 0.15) is 0 Å². The Morgan fingerprint density at radius 2 is 1.91 bits per heavy atom. The Morgan fingerprint density at radius 1 is 1.14 bits per heavy atom. The van der Waals surface area contributed by atoms with E-state index in [0.717, 1.165) is 12.8 Å². The van der Waals surface area contributed by atoms with Crippen LogP contribution in [0.4, 0.5) is 17.1 Å². The van der Waals surface area contributed by atoms with Gasteiger partial charge in [-0.3, -0.25) is 14.5 Å². The van der Waals surface area contributed by atoms with Crippen LogP contribution in [0.2, 0.25) is 5.02 Å². The van der Waals surface area contributed by atoms with Crippen molar-refractivity contribution in [2.24, 2.45) is 5.92 Å². The van der Waals surface area contributed by atoms with Crippen molar-refractivity contribution in [3.05, 3.63) is 53.1 Å². The topological polar surface area (TPSA) is 49.4 Å². The number of hydrogen-bond acceptors (Lipinski definition) is 2. The van der Waals surface area contributed by atoms with Crippen molar-refractivity contribution >= 4 is 40.5 Å². The van der Waals surface area contributed by atoms with E-state index in [1.54, 1.807) is 41.3 Å². The third-order valence-electron chi connectivity index (χ3n) is 3.98. The molecule has 0 spiro atoms. The zero-order valence-electron chi connectivity index (χ0n) is 11.7. The number of amides is 2. The van der Waals surface area contributed by atoms with Crippen molar-refractivity contribution in [3.63, 3.8) is 0 Å². The molecule has 0 atom stereocenters. The van der Waals surface area contributed by atoms with Gasteiger partial charge in [-0.2, -0.15) is 0 Å². The van der Waals surface area contributed by atoms with Crippen LogP contribution in [0.3, 0.4) is 0 Å². The quantitative estimate of drug-likeness (QED) is 0.866. The van der Waals surface area contributed by atoms with Crippen LogP contribution < -0.4 is 10.2 Å². The molecule has 2 aromatic rings. The standard InChI is InChI=1S/C17H13ClN2O2/c18-11-7-8-15-13(9-11)19-16(21)12-3-1-2-4-14(12)20(15)17(22)10-5-6-10/h1-4,7-10H,5-6H2,(H,19,21). The van der Waals surface area contributed by atoms with E-state index in [9.17, 15) is 9.59 Å². The predicted octanol–water partition coefficient (Wildman–Crippen LogP) is 3.98. The van der Waals surface area contributed by atoms with Gasteiger partial charge in [-0.25, -0.2) is 0 Å². The first-order valence-corrected chi connectivity index (χ1v) is 7.57. The molecule has 0 unspecified atom stereocenters. The first-order chi connectivity index (χ1) is 10.6. The van der Waals surface area contributed by atoms with Gasteiger partial charge >= 0.3 is 0 Å². The van der Waals surface area contributed by atoms with Crippen molar-refractivity contribution in [2.75, 3.05) is 10.2 Å². The van der Waals surface area contributed by atoms with Crippen LogP contribution in [0, 0.1) is 5.92 Å². The zero-order chi connectivity index (χ0) is 15.3. The predicted molar refractivity (Wildman–Crippen MR) is 85.7 cm³/mol. The molecular formula is C17H13ClN2O2. The highest BCUT2D eigenvalue weighted by atomic mass is 35.5. The second-order valence-electron chi connectivity index (χ2n) is 5.58. The molecular weight excluding hydrogens is 300 g/mol. The maximum Gasteiger partial charge on any atom is 0.257 e. The molecule has 4 nitrogen and oxygen atoms in total. The Hall–Kier alpha value is -2.33. The fourth-order valence-corrected chi connectivity index (χ4v) is 2.91. The van der Waals surface area contributed by atoms with E-state index >= 15 is 0 Å². The Bertz CT molecular complexity index is 799. The summed E-state index contributed by atoms with van der Waals surface area (Å²) in [5.74, 6) is -0.150. The molecule has 5 heteroatoms. The van der Waals surface area contributed by atoms with Crippen LogP contribution >= 0.6 is 11.6 Å². The molecule has 110 valence electrons. The lowest BCUT2D eigenvalue weighted by Gasteiger charge is -2.24. The maximum absolute atomic E-state index is 12.8. The average molecular weight is 313 g/mol. The summed E-state index contributed by atoms with van der Waals surface area (Å²) in [6.07, 6.45) is 1.81. The fourth-order valence-electron chi connectivity index (χ4n) is 2.73. The number of rotatable bonds is 1. The first-order valence-electron chi connectivity index (χ1n) is 7.19. The van der Waals surface area contributed by atoms with Crippen molar-refractivity contribution in [1.82, 2.24) is 0 Å². The number of carbonyl (C=O) groups excluding carboxylic acids is 2. The highest BCUT2D eigenvalue weighted by Crippen LogP contribution is 2.43. The molecule has 2 amide bonds. The highest BCUT2D eigenvalue weighted by Gasteiger charge is 2.38. The number of fused-ring (bicyclic) bond motifs is 2. The molecule has 2 aromatic carbocycles. The van der Waals surface area contributed by atoms with Crippen LogP contribution in [-0.4, -0.2) is 11.8 Å². The number of benzene rings is 2. The van der Waals surface area contributed by atoms with E-state index in [2.05, 4.69) is 5.32 Å². The molecule has 0 saturated heterocycles. The second-order valence-corrected chi connectivity index (χ2v) is 6.02. The third-order valence-corrected chi connectivity index (χ3v) is 4.22. The monoisotopic (exact) mass is 312 g/mol. The maximum atomic E-state index is 12.8. The van der Waals surface area contributed by atoms with E-state index in [1.807, 2.05) is 6.07 Å². The molecule has 0 radical (unpaired) electrons. The molecule has 0 aromatic heterocycles. The lowest BCUT2D eigenvalue weighted by atomic mass is 10.1. The zero-order valence-corrected chi connectivity index (χ0v) is 12.4. The summed E-state index contributed by atoms with van der Waals surface area (Å²) < 4.78 is 0. The van der Waals surface area contributed by atoms with Crippen LogP contribution in [0.5, 0.6) is 0 Å². The molecule has 0 bridgehead atoms. The van der Waals surface area contributed by atoms with Crippen LogP contribution in [-0.2, 0) is 4.79 Å². The molecule has 1 fully saturated rings. The molecule has 1 aliphatic carbocycles. The van der Waals surface area contributed by atoms with E-state index in [4.69, 9.17) is 11.6 Å². The SMILES string of the molecule is O=C1Nc2cc(Cl)ccc2N(C(=O)C2CC2)c2ccccc21. The molecule has 1 heterocycles. The van der Waals surface area contributed by atoms with Gasteiger partial charge in [-0.1, -0.05) is 23.7 Å². The Balaban J connectivity index is 1.96. The van der Waals surface area contributed by atoms with Gasteiger partial charge in [-0.15, -0.1) is 0 Å². The fraction of sp³-hybridized carbons (Fsp3) is 0.176. The van der Waals surface area contributed by atoms with Crippen LogP contribution in [0.1, 0.15) is 23.2 Å². The highest BCUT2D eigenvalue weighted by molar-refractivity contribution is 6.31. The van der Waals surface area contributed by atoms with E-state index in [0.29, 0.717) is 27.6 Å². The van der Waals surface area contributed by atoms with Gasteiger partial charge in [0.15, 0.2) is 0 Å². The summed E-state index contributed by atoms with van der Waals surface area (Å²) >= 11 is 6.04. The number of halogens is 1. The van der Waals surface area contributed by atoms with Crippen LogP contribution in [0.25, 0.3) is 0 Å². The number of carbonyl (C=O) groups is 2. The second kappa shape index (κ2) is 4.85. The molecule has 1 saturated carbocycles. The number of para-hydroxylation sites is 1. The van der Waals surface area contributed by atoms with Crippen molar-refractivity contribution < 1.29 is 9.59 Å². The van der Waals surface area contributed by atoms with Gasteiger partial charge in [0.05, 0.1) is 22.6 Å². The van der Waals surface area contributed by atoms with E-state index in [-0.39, 0.29) is 17.7 Å². The number of anilines is 3. The van der Waals surface area contributed by atoms with Gasteiger partial charge < -0.3 is 5.32 Å². The lowest BCUT2D eigenvalue weighted by Crippen LogP contribution is -2.27. The summed E-state index contributed by atoms with van der Waals surface area (Å²) in [4.78, 5) is 26.9. The largest absolute Gasteiger partial charge is 0.320 e. The average Bonchev–Trinajstić information content (AvgIpc) is 3.34. The molecule has 2 aliphatic rings. The van der Waals surface area contributed by atoms with Crippen molar-refractivity contribution in [1.29, 1.82) is 0 Å². The lowest BCUT2D eigenvalue weighted by molar-refractivity contribution is -0.119. The molecule has 4 rings (SSSR count). The summed E-state index contributed by atoms with van der Waals surface area (Å²) in [7, 11) is 0. The van der Waals surface area contributed by atoms with E-state index < -0.39 is 0 Å². The van der Waals surface area contributed by atoms with Gasteiger partial charge in [0, 0.05) is 10.9 Å². The Morgan fingerprint density at radius 3 is 2.68 bits per heavy atom. The summed E-state index contributed by atoms with van der Waals surface area (Å²) in [6.45, 7) is 0.